The van der Waals surface area contributed by atoms with Crippen LogP contribution in [0.3, 0.4) is 0 Å². The molecule has 24 heavy (non-hydrogen) atoms. The summed E-state index contributed by atoms with van der Waals surface area (Å²) in [5.74, 6) is -0.370. The van der Waals surface area contributed by atoms with Crippen LogP contribution in [0.25, 0.3) is 22.4 Å². The number of hydrogen-bond acceptors (Lipinski definition) is 4. The second kappa shape index (κ2) is 6.84. The summed E-state index contributed by atoms with van der Waals surface area (Å²) in [5.41, 5.74) is 4.72. The fraction of sp³-hybridized carbons (Fsp3) is 0.0556. The number of nitrogens with zero attached hydrogens (tertiary/aromatic N) is 2. The zero-order valence-electron chi connectivity index (χ0n) is 12.7. The SMILES string of the molecule is COC(=O)c1ccc(-c2n[nH]c(I)c2-c2ccc(C#N)cc2)cc1. The fourth-order valence-electron chi connectivity index (χ4n) is 2.39. The molecule has 0 bridgehead atoms. The van der Waals surface area contributed by atoms with Crippen molar-refractivity contribution >= 4 is 28.6 Å². The van der Waals surface area contributed by atoms with Crippen LogP contribution >= 0.6 is 22.6 Å². The summed E-state index contributed by atoms with van der Waals surface area (Å²) >= 11 is 2.20. The Balaban J connectivity index is 2.03. The third kappa shape index (κ3) is 3.03. The minimum Gasteiger partial charge on any atom is -0.465 e. The van der Waals surface area contributed by atoms with E-state index in [1.165, 1.54) is 7.11 Å². The summed E-state index contributed by atoms with van der Waals surface area (Å²) in [6, 6.07) is 16.6. The van der Waals surface area contributed by atoms with E-state index >= 15 is 0 Å². The molecule has 2 aromatic carbocycles. The number of carbonyl (C=O) groups excluding carboxylic acids is 1. The van der Waals surface area contributed by atoms with Crippen LogP contribution in [0.1, 0.15) is 15.9 Å². The van der Waals surface area contributed by atoms with Gasteiger partial charge in [0.15, 0.2) is 0 Å². The Morgan fingerprint density at radius 3 is 2.33 bits per heavy atom. The Kier molecular flexibility index (Phi) is 4.62. The van der Waals surface area contributed by atoms with Gasteiger partial charge in [0, 0.05) is 11.1 Å². The summed E-state index contributed by atoms with van der Waals surface area (Å²) in [7, 11) is 1.36. The van der Waals surface area contributed by atoms with Crippen molar-refractivity contribution in [2.24, 2.45) is 0 Å². The number of H-pyrrole nitrogens is 1. The first-order valence-electron chi connectivity index (χ1n) is 7.07. The van der Waals surface area contributed by atoms with Gasteiger partial charge in [-0.25, -0.2) is 4.79 Å². The summed E-state index contributed by atoms with van der Waals surface area (Å²) in [6.07, 6.45) is 0. The highest BCUT2D eigenvalue weighted by molar-refractivity contribution is 14.1. The van der Waals surface area contributed by atoms with E-state index in [0.717, 1.165) is 26.1 Å². The van der Waals surface area contributed by atoms with E-state index in [-0.39, 0.29) is 5.97 Å². The minimum atomic E-state index is -0.370. The Morgan fingerprint density at radius 2 is 1.75 bits per heavy atom. The standard InChI is InChI=1S/C18H12IN3O2/c1-24-18(23)14-8-6-13(7-9-14)16-15(17(19)22-21-16)12-4-2-11(10-20)3-5-12/h2-9H,1H3,(H,21,22). The van der Waals surface area contributed by atoms with Crippen LogP contribution in [0, 0.1) is 15.0 Å². The quantitative estimate of drug-likeness (QED) is 0.504. The highest BCUT2D eigenvalue weighted by Gasteiger charge is 2.16. The lowest BCUT2D eigenvalue weighted by atomic mass is 10.00. The molecule has 118 valence electrons. The molecule has 5 nitrogen and oxygen atoms in total. The topological polar surface area (TPSA) is 78.8 Å². The number of esters is 1. The van der Waals surface area contributed by atoms with Crippen molar-refractivity contribution in [1.29, 1.82) is 5.26 Å². The number of halogens is 1. The first-order valence-corrected chi connectivity index (χ1v) is 8.15. The Labute approximate surface area is 152 Å². The maximum Gasteiger partial charge on any atom is 0.337 e. The van der Waals surface area contributed by atoms with Crippen LogP contribution in [0.2, 0.25) is 0 Å². The summed E-state index contributed by atoms with van der Waals surface area (Å²) in [5, 5.41) is 16.3. The lowest BCUT2D eigenvalue weighted by Crippen LogP contribution is -2.00. The first kappa shape index (κ1) is 16.2. The lowest BCUT2D eigenvalue weighted by Gasteiger charge is -2.05. The molecule has 0 atom stereocenters. The smallest absolute Gasteiger partial charge is 0.337 e. The Bertz CT molecular complexity index is 922. The molecule has 0 saturated carbocycles. The number of aromatic amines is 1. The van der Waals surface area contributed by atoms with Crippen molar-refractivity contribution in [3.8, 4) is 28.5 Å². The highest BCUT2D eigenvalue weighted by Crippen LogP contribution is 2.34. The maximum atomic E-state index is 11.5. The van der Waals surface area contributed by atoms with Crippen LogP contribution in [0.5, 0.6) is 0 Å². The predicted molar refractivity (Wildman–Crippen MR) is 98.2 cm³/mol. The number of ether oxygens (including phenoxy) is 1. The van der Waals surface area contributed by atoms with Crippen LogP contribution in [0.15, 0.2) is 48.5 Å². The molecule has 3 rings (SSSR count). The number of carbonyl (C=O) groups is 1. The van der Waals surface area contributed by atoms with Gasteiger partial charge in [0.1, 0.15) is 9.39 Å². The number of methoxy groups -OCH3 is 1. The van der Waals surface area contributed by atoms with Crippen molar-refractivity contribution in [3.05, 3.63) is 63.4 Å². The number of hydrogen-bond donors (Lipinski definition) is 1. The third-order valence-corrected chi connectivity index (χ3v) is 4.38. The first-order chi connectivity index (χ1) is 11.6. The number of nitrogens with one attached hydrogen (secondary N) is 1. The zero-order valence-corrected chi connectivity index (χ0v) is 14.9. The molecular formula is C18H12IN3O2. The minimum absolute atomic E-state index is 0.370. The second-order valence-corrected chi connectivity index (χ2v) is 6.10. The molecule has 0 aliphatic heterocycles. The largest absolute Gasteiger partial charge is 0.465 e. The summed E-state index contributed by atoms with van der Waals surface area (Å²) in [4.78, 5) is 11.5. The van der Waals surface area contributed by atoms with Gasteiger partial charge in [0.05, 0.1) is 24.3 Å². The van der Waals surface area contributed by atoms with Crippen LogP contribution in [-0.4, -0.2) is 23.3 Å². The van der Waals surface area contributed by atoms with E-state index in [9.17, 15) is 4.79 Å². The number of benzene rings is 2. The monoisotopic (exact) mass is 429 g/mol. The van der Waals surface area contributed by atoms with Crippen LogP contribution in [0.4, 0.5) is 0 Å². The molecule has 1 heterocycles. The van der Waals surface area contributed by atoms with Gasteiger partial charge in [0.2, 0.25) is 0 Å². The molecule has 0 fully saturated rings. The van der Waals surface area contributed by atoms with E-state index in [0.29, 0.717) is 11.1 Å². The number of rotatable bonds is 3. The van der Waals surface area contributed by atoms with Gasteiger partial charge in [0.25, 0.3) is 0 Å². The van der Waals surface area contributed by atoms with Crippen molar-refractivity contribution in [3.63, 3.8) is 0 Å². The van der Waals surface area contributed by atoms with Crippen molar-refractivity contribution in [2.75, 3.05) is 7.11 Å². The third-order valence-electron chi connectivity index (χ3n) is 3.60. The molecule has 0 spiro atoms. The van der Waals surface area contributed by atoms with Gasteiger partial charge < -0.3 is 4.74 Å². The molecule has 6 heteroatoms. The van der Waals surface area contributed by atoms with E-state index in [1.54, 1.807) is 24.3 Å². The van der Waals surface area contributed by atoms with Gasteiger partial charge in [-0.2, -0.15) is 10.4 Å². The van der Waals surface area contributed by atoms with E-state index in [2.05, 4.69) is 38.9 Å². The van der Waals surface area contributed by atoms with E-state index in [4.69, 9.17) is 10.00 Å². The molecular weight excluding hydrogens is 417 g/mol. The van der Waals surface area contributed by atoms with Gasteiger partial charge in [-0.3, -0.25) is 5.10 Å². The molecule has 1 N–H and O–H groups in total. The average Bonchev–Trinajstić information content (AvgIpc) is 3.02. The molecule has 0 unspecified atom stereocenters. The van der Waals surface area contributed by atoms with Crippen molar-refractivity contribution in [2.45, 2.75) is 0 Å². The summed E-state index contributed by atoms with van der Waals surface area (Å²) < 4.78 is 5.62. The molecule has 0 radical (unpaired) electrons. The predicted octanol–water partition coefficient (Wildman–Crippen LogP) is 4.01. The van der Waals surface area contributed by atoms with Gasteiger partial charge in [-0.1, -0.05) is 24.3 Å². The summed E-state index contributed by atoms with van der Waals surface area (Å²) in [6.45, 7) is 0. The fourth-order valence-corrected chi connectivity index (χ4v) is 3.07. The number of aromatic nitrogens is 2. The second-order valence-electron chi connectivity index (χ2n) is 5.02. The molecule has 1 aromatic heterocycles. The number of nitriles is 1. The normalized spacial score (nSPS) is 10.2. The van der Waals surface area contributed by atoms with Gasteiger partial charge in [-0.05, 0) is 52.4 Å². The molecule has 0 aliphatic rings. The zero-order chi connectivity index (χ0) is 17.1. The molecule has 3 aromatic rings. The van der Waals surface area contributed by atoms with E-state index < -0.39 is 0 Å². The van der Waals surface area contributed by atoms with Crippen molar-refractivity contribution < 1.29 is 9.53 Å². The lowest BCUT2D eigenvalue weighted by molar-refractivity contribution is 0.0601. The molecule has 0 saturated heterocycles. The van der Waals surface area contributed by atoms with Gasteiger partial charge >= 0.3 is 5.97 Å². The average molecular weight is 429 g/mol. The van der Waals surface area contributed by atoms with Crippen molar-refractivity contribution in [1.82, 2.24) is 10.2 Å². The Morgan fingerprint density at radius 1 is 1.12 bits per heavy atom. The Hall–Kier alpha value is -2.66. The maximum absolute atomic E-state index is 11.5. The van der Waals surface area contributed by atoms with Crippen LogP contribution < -0.4 is 0 Å². The highest BCUT2D eigenvalue weighted by atomic mass is 127. The van der Waals surface area contributed by atoms with E-state index in [1.807, 2.05) is 24.3 Å². The molecule has 0 amide bonds. The molecule has 0 aliphatic carbocycles. The van der Waals surface area contributed by atoms with Gasteiger partial charge in [-0.15, -0.1) is 0 Å². The van der Waals surface area contributed by atoms with Crippen LogP contribution in [-0.2, 0) is 4.74 Å².